The standard InChI is InChI=1S/C26H30N4O4/c1-18-15-29(16-19(2)30(18)20(3)31)17-21-7-4-5-10-24(21)25(32)13-11-22-8-6-9-23(27-22)12-14-26(33)28-34/h4-14,18-19,34H,15-17H2,1-3H3,(H,28,33)/b13-11+,14-12+/t18-,19+. The van der Waals surface area contributed by atoms with Gasteiger partial charge in [-0.25, -0.2) is 10.5 Å². The van der Waals surface area contributed by atoms with Crippen LogP contribution in [0.15, 0.2) is 54.6 Å². The number of rotatable bonds is 7. The predicted molar refractivity (Wildman–Crippen MR) is 130 cm³/mol. The second kappa shape index (κ2) is 11.5. The van der Waals surface area contributed by atoms with E-state index in [2.05, 4.69) is 23.7 Å². The molecule has 0 bridgehead atoms. The minimum absolute atomic E-state index is 0.0881. The number of amides is 2. The summed E-state index contributed by atoms with van der Waals surface area (Å²) < 4.78 is 0. The number of nitrogens with one attached hydrogen (secondary N) is 1. The van der Waals surface area contributed by atoms with Crippen LogP contribution in [0, 0.1) is 0 Å². The molecule has 8 heteroatoms. The van der Waals surface area contributed by atoms with E-state index in [-0.39, 0.29) is 23.8 Å². The van der Waals surface area contributed by atoms with Crippen LogP contribution in [0.2, 0.25) is 0 Å². The number of hydrogen-bond donors (Lipinski definition) is 2. The van der Waals surface area contributed by atoms with E-state index in [0.29, 0.717) is 23.5 Å². The van der Waals surface area contributed by atoms with Gasteiger partial charge in [-0.3, -0.25) is 24.5 Å². The van der Waals surface area contributed by atoms with Crippen LogP contribution in [0.3, 0.4) is 0 Å². The van der Waals surface area contributed by atoms with Crippen LogP contribution >= 0.6 is 0 Å². The lowest BCUT2D eigenvalue weighted by Gasteiger charge is -2.44. The van der Waals surface area contributed by atoms with Crippen molar-refractivity contribution in [1.82, 2.24) is 20.3 Å². The largest absolute Gasteiger partial charge is 0.335 e. The van der Waals surface area contributed by atoms with Crippen molar-refractivity contribution in [3.05, 3.63) is 77.1 Å². The van der Waals surface area contributed by atoms with Gasteiger partial charge >= 0.3 is 0 Å². The summed E-state index contributed by atoms with van der Waals surface area (Å²) in [6.45, 7) is 7.84. The van der Waals surface area contributed by atoms with Crippen molar-refractivity contribution >= 4 is 29.7 Å². The van der Waals surface area contributed by atoms with Crippen molar-refractivity contribution in [3.8, 4) is 0 Å². The zero-order valence-electron chi connectivity index (χ0n) is 19.6. The highest BCUT2D eigenvalue weighted by atomic mass is 16.5. The van der Waals surface area contributed by atoms with Gasteiger partial charge in [0.05, 0.1) is 11.4 Å². The molecule has 0 spiro atoms. The van der Waals surface area contributed by atoms with E-state index in [0.717, 1.165) is 24.7 Å². The minimum atomic E-state index is -0.652. The van der Waals surface area contributed by atoms with E-state index in [1.54, 1.807) is 31.2 Å². The summed E-state index contributed by atoms with van der Waals surface area (Å²) >= 11 is 0. The number of aromatic nitrogens is 1. The quantitative estimate of drug-likeness (QED) is 0.284. The van der Waals surface area contributed by atoms with Crippen molar-refractivity contribution in [2.75, 3.05) is 13.1 Å². The topological polar surface area (TPSA) is 103 Å². The number of ketones is 1. The molecule has 178 valence electrons. The van der Waals surface area contributed by atoms with Gasteiger partial charge in [0, 0.05) is 50.3 Å². The maximum Gasteiger partial charge on any atom is 0.267 e. The Hall–Kier alpha value is -3.62. The molecule has 1 aliphatic heterocycles. The van der Waals surface area contributed by atoms with E-state index in [9.17, 15) is 14.4 Å². The third kappa shape index (κ3) is 6.46. The normalized spacial score (nSPS) is 19.0. The Labute approximate surface area is 199 Å². The van der Waals surface area contributed by atoms with Crippen LogP contribution in [-0.4, -0.2) is 62.8 Å². The zero-order valence-corrected chi connectivity index (χ0v) is 19.6. The molecule has 0 saturated carbocycles. The number of carbonyl (C=O) groups excluding carboxylic acids is 3. The first-order chi connectivity index (χ1) is 16.3. The van der Waals surface area contributed by atoms with E-state index in [1.165, 1.54) is 17.6 Å². The van der Waals surface area contributed by atoms with Crippen LogP contribution in [-0.2, 0) is 16.1 Å². The molecular formula is C26H30N4O4. The number of piperazine rings is 1. The maximum atomic E-state index is 13.0. The van der Waals surface area contributed by atoms with Gasteiger partial charge in [0.2, 0.25) is 5.91 Å². The Morgan fingerprint density at radius 2 is 1.62 bits per heavy atom. The van der Waals surface area contributed by atoms with Gasteiger partial charge in [-0.05, 0) is 49.8 Å². The number of benzene rings is 1. The summed E-state index contributed by atoms with van der Waals surface area (Å²) in [6.07, 6.45) is 5.76. The third-order valence-corrected chi connectivity index (χ3v) is 5.75. The Balaban J connectivity index is 1.72. The molecule has 1 fully saturated rings. The monoisotopic (exact) mass is 462 g/mol. The number of nitrogens with zero attached hydrogens (tertiary/aromatic N) is 3. The van der Waals surface area contributed by atoms with Gasteiger partial charge in [-0.15, -0.1) is 0 Å². The summed E-state index contributed by atoms with van der Waals surface area (Å²) in [4.78, 5) is 44.7. The summed E-state index contributed by atoms with van der Waals surface area (Å²) in [5.74, 6) is -0.687. The van der Waals surface area contributed by atoms with Gasteiger partial charge in [0.1, 0.15) is 0 Å². The van der Waals surface area contributed by atoms with Crippen molar-refractivity contribution in [2.24, 2.45) is 0 Å². The molecular weight excluding hydrogens is 432 g/mol. The molecule has 2 amide bonds. The van der Waals surface area contributed by atoms with E-state index >= 15 is 0 Å². The number of hydrogen-bond acceptors (Lipinski definition) is 6. The minimum Gasteiger partial charge on any atom is -0.335 e. The smallest absolute Gasteiger partial charge is 0.267 e. The molecule has 2 atom stereocenters. The van der Waals surface area contributed by atoms with Crippen LogP contribution in [0.5, 0.6) is 0 Å². The molecule has 34 heavy (non-hydrogen) atoms. The number of allylic oxidation sites excluding steroid dienone is 1. The molecule has 1 aromatic carbocycles. The molecule has 1 saturated heterocycles. The zero-order chi connectivity index (χ0) is 24.7. The predicted octanol–water partition coefficient (Wildman–Crippen LogP) is 2.94. The first kappa shape index (κ1) is 25.0. The molecule has 0 unspecified atom stereocenters. The van der Waals surface area contributed by atoms with Crippen molar-refractivity contribution in [1.29, 1.82) is 0 Å². The molecule has 0 radical (unpaired) electrons. The lowest BCUT2D eigenvalue weighted by Crippen LogP contribution is -2.57. The fourth-order valence-corrected chi connectivity index (χ4v) is 4.43. The molecule has 1 aliphatic rings. The van der Waals surface area contributed by atoms with Crippen LogP contribution in [0.25, 0.3) is 12.2 Å². The Bertz CT molecular complexity index is 1100. The summed E-state index contributed by atoms with van der Waals surface area (Å²) in [5.41, 5.74) is 4.18. The van der Waals surface area contributed by atoms with Crippen LogP contribution < -0.4 is 5.48 Å². The molecule has 2 aromatic rings. The molecule has 0 aliphatic carbocycles. The summed E-state index contributed by atoms with van der Waals surface area (Å²) in [5, 5.41) is 8.57. The number of carbonyl (C=O) groups is 3. The Morgan fingerprint density at radius 1 is 1.00 bits per heavy atom. The fraction of sp³-hybridized carbons (Fsp3) is 0.308. The van der Waals surface area contributed by atoms with Gasteiger partial charge in [-0.2, -0.15) is 0 Å². The van der Waals surface area contributed by atoms with E-state index < -0.39 is 5.91 Å². The van der Waals surface area contributed by atoms with Crippen molar-refractivity contribution in [2.45, 2.75) is 39.4 Å². The van der Waals surface area contributed by atoms with E-state index in [4.69, 9.17) is 5.21 Å². The highest BCUT2D eigenvalue weighted by molar-refractivity contribution is 6.07. The first-order valence-electron chi connectivity index (χ1n) is 11.2. The first-order valence-corrected chi connectivity index (χ1v) is 11.2. The Kier molecular flexibility index (Phi) is 8.45. The molecule has 3 rings (SSSR count). The van der Waals surface area contributed by atoms with Crippen LogP contribution in [0.1, 0.15) is 48.1 Å². The highest BCUT2D eigenvalue weighted by Gasteiger charge is 2.31. The highest BCUT2D eigenvalue weighted by Crippen LogP contribution is 2.20. The lowest BCUT2D eigenvalue weighted by molar-refractivity contribution is -0.136. The van der Waals surface area contributed by atoms with Gasteiger partial charge in [0.25, 0.3) is 5.91 Å². The van der Waals surface area contributed by atoms with Crippen LogP contribution in [0.4, 0.5) is 0 Å². The van der Waals surface area contributed by atoms with Gasteiger partial charge in [-0.1, -0.05) is 30.3 Å². The molecule has 2 heterocycles. The third-order valence-electron chi connectivity index (χ3n) is 5.75. The maximum absolute atomic E-state index is 13.0. The van der Waals surface area contributed by atoms with Crippen molar-refractivity contribution < 1.29 is 19.6 Å². The second-order valence-electron chi connectivity index (χ2n) is 8.47. The average molecular weight is 463 g/mol. The second-order valence-corrected chi connectivity index (χ2v) is 8.47. The molecule has 2 N–H and O–H groups in total. The average Bonchev–Trinajstić information content (AvgIpc) is 2.81. The number of hydroxylamine groups is 1. The molecule has 8 nitrogen and oxygen atoms in total. The lowest BCUT2D eigenvalue weighted by atomic mass is 10.0. The number of pyridine rings is 1. The summed E-state index contributed by atoms with van der Waals surface area (Å²) in [6, 6.07) is 13.0. The Morgan fingerprint density at radius 3 is 2.24 bits per heavy atom. The molecule has 1 aromatic heterocycles. The fourth-order valence-electron chi connectivity index (χ4n) is 4.43. The summed E-state index contributed by atoms with van der Waals surface area (Å²) in [7, 11) is 0. The van der Waals surface area contributed by atoms with Gasteiger partial charge in [0.15, 0.2) is 5.78 Å². The van der Waals surface area contributed by atoms with Gasteiger partial charge < -0.3 is 4.90 Å². The van der Waals surface area contributed by atoms with Crippen molar-refractivity contribution in [3.63, 3.8) is 0 Å². The SMILES string of the molecule is CC(=O)N1[C@H](C)CN(Cc2ccccc2C(=O)/C=C/c2cccc(/C=C/C(=O)NO)n2)C[C@@H]1C. The van der Waals surface area contributed by atoms with E-state index in [1.807, 2.05) is 29.2 Å².